The number of hydrogen-bond donors (Lipinski definition) is 2. The van der Waals surface area contributed by atoms with E-state index in [9.17, 15) is 4.79 Å². The fraction of sp³-hybridized carbons (Fsp3) is 0.450. The Morgan fingerprint density at radius 1 is 1.29 bits per heavy atom. The summed E-state index contributed by atoms with van der Waals surface area (Å²) >= 11 is 0. The first-order valence-corrected chi connectivity index (χ1v) is 9.40. The van der Waals surface area contributed by atoms with Crippen LogP contribution < -0.4 is 10.6 Å². The van der Waals surface area contributed by atoms with Crippen LogP contribution in [0.5, 0.6) is 0 Å². The fourth-order valence-corrected chi connectivity index (χ4v) is 3.38. The molecule has 28 heavy (non-hydrogen) atoms. The number of benzene rings is 1. The van der Waals surface area contributed by atoms with E-state index >= 15 is 0 Å². The molecule has 3 rings (SSSR count). The third-order valence-electron chi connectivity index (χ3n) is 4.86. The van der Waals surface area contributed by atoms with Crippen molar-refractivity contribution >= 4 is 35.8 Å². The van der Waals surface area contributed by atoms with E-state index in [0.717, 1.165) is 31.0 Å². The van der Waals surface area contributed by atoms with Gasteiger partial charge in [0.05, 0.1) is 6.20 Å². The van der Waals surface area contributed by atoms with Crippen LogP contribution >= 0.6 is 24.0 Å². The van der Waals surface area contributed by atoms with Crippen LogP contribution in [0.25, 0.3) is 0 Å². The van der Waals surface area contributed by atoms with Gasteiger partial charge in [-0.1, -0.05) is 30.3 Å². The van der Waals surface area contributed by atoms with E-state index in [-0.39, 0.29) is 29.9 Å². The lowest BCUT2D eigenvalue weighted by atomic mass is 10.0. The summed E-state index contributed by atoms with van der Waals surface area (Å²) in [5.74, 6) is 1.38. The monoisotopic (exact) mass is 496 g/mol. The normalized spacial score (nSPS) is 16.6. The van der Waals surface area contributed by atoms with Crippen molar-refractivity contribution in [1.29, 1.82) is 0 Å². The Hall–Kier alpha value is -2.10. The van der Waals surface area contributed by atoms with Gasteiger partial charge < -0.3 is 15.5 Å². The zero-order chi connectivity index (χ0) is 19.1. The number of guanidine groups is 1. The van der Waals surface area contributed by atoms with Crippen molar-refractivity contribution in [2.45, 2.75) is 25.3 Å². The summed E-state index contributed by atoms with van der Waals surface area (Å²) in [6, 6.07) is 9.93. The van der Waals surface area contributed by atoms with E-state index in [0.29, 0.717) is 25.4 Å². The van der Waals surface area contributed by atoms with Crippen LogP contribution in [0, 0.1) is 0 Å². The van der Waals surface area contributed by atoms with Gasteiger partial charge in [-0.3, -0.25) is 14.5 Å². The Morgan fingerprint density at radius 3 is 2.75 bits per heavy atom. The first-order valence-electron chi connectivity index (χ1n) is 9.40. The summed E-state index contributed by atoms with van der Waals surface area (Å²) in [4.78, 5) is 18.7. The van der Waals surface area contributed by atoms with Crippen LogP contribution in [-0.2, 0) is 18.4 Å². The van der Waals surface area contributed by atoms with E-state index in [1.54, 1.807) is 7.05 Å². The first kappa shape index (κ1) is 22.2. The molecule has 1 amide bonds. The van der Waals surface area contributed by atoms with E-state index in [4.69, 9.17) is 0 Å². The van der Waals surface area contributed by atoms with Gasteiger partial charge in [0.15, 0.2) is 5.96 Å². The molecule has 0 aliphatic carbocycles. The van der Waals surface area contributed by atoms with Crippen LogP contribution in [-0.4, -0.2) is 53.2 Å². The summed E-state index contributed by atoms with van der Waals surface area (Å²) in [7, 11) is 3.73. The quantitative estimate of drug-likeness (QED) is 0.365. The van der Waals surface area contributed by atoms with Gasteiger partial charge in [-0.05, 0) is 17.5 Å². The topological polar surface area (TPSA) is 74.6 Å². The number of aryl methyl sites for hydroxylation is 1. The summed E-state index contributed by atoms with van der Waals surface area (Å²) in [5, 5.41) is 10.5. The predicted molar refractivity (Wildman–Crippen MR) is 122 cm³/mol. The Kier molecular flexibility index (Phi) is 8.75. The Balaban J connectivity index is 0.00000280. The molecule has 1 aromatic carbocycles. The molecule has 1 aliphatic heterocycles. The minimum absolute atomic E-state index is 0. The zero-order valence-electron chi connectivity index (χ0n) is 16.5. The van der Waals surface area contributed by atoms with E-state index in [1.165, 1.54) is 5.56 Å². The van der Waals surface area contributed by atoms with E-state index in [1.807, 2.05) is 48.3 Å². The standard InChI is InChI=1S/C20H28N6O.HI/c1-21-20(26-11-9-17(15-26)18-13-24-25(2)14-18)22-10-8-19(27)23-12-16-6-4-3-5-7-16;/h3-7,13-14,17H,8-12,15H2,1-2H3,(H,21,22)(H,23,27);1H. The van der Waals surface area contributed by atoms with Crippen molar-refractivity contribution in [2.75, 3.05) is 26.7 Å². The molecule has 1 atom stereocenters. The predicted octanol–water partition coefficient (Wildman–Crippen LogP) is 2.11. The first-order chi connectivity index (χ1) is 13.2. The third kappa shape index (κ3) is 6.22. The molecule has 1 fully saturated rings. The maximum Gasteiger partial charge on any atom is 0.222 e. The molecule has 2 aromatic rings. The Labute approximate surface area is 183 Å². The summed E-state index contributed by atoms with van der Waals surface area (Å²) in [5.41, 5.74) is 2.38. The molecule has 1 aliphatic rings. The molecule has 8 heteroatoms. The van der Waals surface area contributed by atoms with Gasteiger partial charge in [0.1, 0.15) is 0 Å². The summed E-state index contributed by atoms with van der Waals surface area (Å²) in [6.45, 7) is 3.01. The number of carbonyl (C=O) groups is 1. The van der Waals surface area contributed by atoms with Gasteiger partial charge in [0.25, 0.3) is 0 Å². The van der Waals surface area contributed by atoms with Gasteiger partial charge >= 0.3 is 0 Å². The lowest BCUT2D eigenvalue weighted by Gasteiger charge is -2.21. The largest absolute Gasteiger partial charge is 0.356 e. The minimum atomic E-state index is 0. The smallest absolute Gasteiger partial charge is 0.222 e. The number of hydrogen-bond acceptors (Lipinski definition) is 3. The van der Waals surface area contributed by atoms with Crippen molar-refractivity contribution in [1.82, 2.24) is 25.3 Å². The number of halogens is 1. The number of aliphatic imine (C=N–C) groups is 1. The van der Waals surface area contributed by atoms with Crippen molar-refractivity contribution < 1.29 is 4.79 Å². The van der Waals surface area contributed by atoms with Crippen LogP contribution in [0.2, 0.25) is 0 Å². The number of aromatic nitrogens is 2. The highest BCUT2D eigenvalue weighted by Gasteiger charge is 2.26. The lowest BCUT2D eigenvalue weighted by molar-refractivity contribution is -0.121. The summed E-state index contributed by atoms with van der Waals surface area (Å²) < 4.78 is 1.85. The van der Waals surface area contributed by atoms with Gasteiger partial charge in [-0.15, -0.1) is 24.0 Å². The van der Waals surface area contributed by atoms with Gasteiger partial charge in [0.2, 0.25) is 5.91 Å². The average molecular weight is 496 g/mol. The molecule has 0 bridgehead atoms. The number of carbonyl (C=O) groups excluding carboxylic acids is 1. The number of amides is 1. The van der Waals surface area contributed by atoms with Crippen LogP contribution in [0.1, 0.15) is 29.9 Å². The molecule has 0 spiro atoms. The van der Waals surface area contributed by atoms with E-state index < -0.39 is 0 Å². The zero-order valence-corrected chi connectivity index (χ0v) is 18.8. The third-order valence-corrected chi connectivity index (χ3v) is 4.86. The molecular weight excluding hydrogens is 467 g/mol. The van der Waals surface area contributed by atoms with Crippen LogP contribution in [0.3, 0.4) is 0 Å². The second kappa shape index (κ2) is 11.0. The molecule has 2 N–H and O–H groups in total. The van der Waals surface area contributed by atoms with E-state index in [2.05, 4.69) is 31.8 Å². The molecule has 1 unspecified atom stereocenters. The second-order valence-corrected chi connectivity index (χ2v) is 6.87. The number of likely N-dealkylation sites (tertiary alicyclic amines) is 1. The maximum absolute atomic E-state index is 12.0. The highest BCUT2D eigenvalue weighted by atomic mass is 127. The lowest BCUT2D eigenvalue weighted by Crippen LogP contribution is -2.41. The van der Waals surface area contributed by atoms with Crippen molar-refractivity contribution in [3.8, 4) is 0 Å². The number of rotatable bonds is 6. The van der Waals surface area contributed by atoms with Crippen molar-refractivity contribution in [3.05, 3.63) is 53.9 Å². The van der Waals surface area contributed by atoms with Gasteiger partial charge in [0, 0.05) is 58.8 Å². The molecule has 1 saturated heterocycles. The maximum atomic E-state index is 12.0. The highest BCUT2D eigenvalue weighted by Crippen LogP contribution is 2.26. The number of nitrogens with one attached hydrogen (secondary N) is 2. The fourth-order valence-electron chi connectivity index (χ4n) is 3.38. The minimum Gasteiger partial charge on any atom is -0.356 e. The van der Waals surface area contributed by atoms with Gasteiger partial charge in [-0.25, -0.2) is 0 Å². The molecule has 2 heterocycles. The molecule has 1 aromatic heterocycles. The van der Waals surface area contributed by atoms with Crippen LogP contribution in [0.4, 0.5) is 0 Å². The van der Waals surface area contributed by atoms with Crippen LogP contribution in [0.15, 0.2) is 47.7 Å². The number of nitrogens with zero attached hydrogens (tertiary/aromatic N) is 4. The molecule has 0 radical (unpaired) electrons. The second-order valence-electron chi connectivity index (χ2n) is 6.87. The molecular formula is C20H29IN6O. The Bertz CT molecular complexity index is 776. The molecule has 152 valence electrons. The van der Waals surface area contributed by atoms with Crippen molar-refractivity contribution in [2.24, 2.45) is 12.0 Å². The molecule has 0 saturated carbocycles. The highest BCUT2D eigenvalue weighted by molar-refractivity contribution is 14.0. The summed E-state index contributed by atoms with van der Waals surface area (Å²) in [6.07, 6.45) is 5.54. The Morgan fingerprint density at radius 2 is 2.07 bits per heavy atom. The SMILES string of the molecule is CN=C(NCCC(=O)NCc1ccccc1)N1CCC(c2cnn(C)c2)C1.I. The van der Waals surface area contributed by atoms with Crippen molar-refractivity contribution in [3.63, 3.8) is 0 Å². The average Bonchev–Trinajstić information content (AvgIpc) is 3.33. The molecule has 7 nitrogen and oxygen atoms in total. The van der Waals surface area contributed by atoms with Gasteiger partial charge in [-0.2, -0.15) is 5.10 Å².